The molecule has 2 aromatic carbocycles. The Morgan fingerprint density at radius 2 is 2.06 bits per heavy atom. The van der Waals surface area contributed by atoms with E-state index in [0.717, 1.165) is 17.3 Å². The van der Waals surface area contributed by atoms with E-state index in [0.29, 0.717) is 40.2 Å². The van der Waals surface area contributed by atoms with Crippen molar-refractivity contribution in [2.45, 2.75) is 25.6 Å². The fraction of sp³-hybridized carbons (Fsp3) is 0.182. The molecule has 8 nitrogen and oxygen atoms in total. The zero-order chi connectivity index (χ0) is 22.2. The highest BCUT2D eigenvalue weighted by atomic mass is 32.2. The molecule has 0 fully saturated rings. The van der Waals surface area contributed by atoms with E-state index < -0.39 is 5.97 Å². The Bertz CT molecular complexity index is 1150. The van der Waals surface area contributed by atoms with Gasteiger partial charge >= 0.3 is 5.97 Å². The first-order valence-corrected chi connectivity index (χ1v) is 10.2. The maximum atomic E-state index is 11.7. The number of carbonyl (C=O) groups is 1. The maximum Gasteiger partial charge on any atom is 0.342 e. The fourth-order valence-electron chi connectivity index (χ4n) is 2.67. The molecule has 0 amide bonds. The molecule has 1 heterocycles. The van der Waals surface area contributed by atoms with Crippen LogP contribution in [-0.4, -0.2) is 32.9 Å². The number of nitrogens with zero attached hydrogens (tertiary/aromatic N) is 3. The second-order valence-electron chi connectivity index (χ2n) is 6.32. The van der Waals surface area contributed by atoms with Gasteiger partial charge in [0.05, 0.1) is 18.2 Å². The molecule has 0 bridgehead atoms. The summed E-state index contributed by atoms with van der Waals surface area (Å²) in [5.41, 5.74) is 1.94. The lowest BCUT2D eigenvalue weighted by molar-refractivity contribution is -0.131. The zero-order valence-corrected chi connectivity index (χ0v) is 17.8. The lowest BCUT2D eigenvalue weighted by atomic mass is 10.1. The predicted octanol–water partition coefficient (Wildman–Crippen LogP) is 4.18. The van der Waals surface area contributed by atoms with Gasteiger partial charge in [-0.25, -0.2) is 9.78 Å². The van der Waals surface area contributed by atoms with Gasteiger partial charge in [-0.3, -0.25) is 5.10 Å². The molecule has 0 aliphatic rings. The average Bonchev–Trinajstić information content (AvgIpc) is 3.17. The van der Waals surface area contributed by atoms with E-state index in [9.17, 15) is 15.2 Å². The predicted molar refractivity (Wildman–Crippen MR) is 116 cm³/mol. The lowest BCUT2D eigenvalue weighted by Crippen LogP contribution is -2.02. The summed E-state index contributed by atoms with van der Waals surface area (Å²) in [5, 5.41) is 25.8. The molecule has 3 rings (SSSR count). The van der Waals surface area contributed by atoms with Crippen molar-refractivity contribution in [3.63, 3.8) is 0 Å². The van der Waals surface area contributed by atoms with Crippen LogP contribution in [0.3, 0.4) is 0 Å². The molecule has 0 aliphatic heterocycles. The van der Waals surface area contributed by atoms with Gasteiger partial charge in [0, 0.05) is 5.56 Å². The van der Waals surface area contributed by atoms with E-state index in [1.807, 2.05) is 19.1 Å². The van der Waals surface area contributed by atoms with Crippen molar-refractivity contribution in [1.29, 1.82) is 5.26 Å². The quantitative estimate of drug-likeness (QED) is 0.378. The Hall–Kier alpha value is -3.77. The largest absolute Gasteiger partial charge is 0.490 e. The molecule has 3 aromatic rings. The smallest absolute Gasteiger partial charge is 0.342 e. The van der Waals surface area contributed by atoms with Gasteiger partial charge in [0.2, 0.25) is 5.16 Å². The number of aryl methyl sites for hydroxylation is 1. The van der Waals surface area contributed by atoms with E-state index in [2.05, 4.69) is 21.3 Å². The summed E-state index contributed by atoms with van der Waals surface area (Å²) in [6.45, 7) is 4.21. The van der Waals surface area contributed by atoms with Crippen molar-refractivity contribution < 1.29 is 19.4 Å². The zero-order valence-electron chi connectivity index (χ0n) is 17.0. The summed E-state index contributed by atoms with van der Waals surface area (Å²) in [6, 6.07) is 14.5. The Labute approximate surface area is 183 Å². The molecule has 9 heteroatoms. The van der Waals surface area contributed by atoms with Crippen LogP contribution in [0.15, 0.2) is 52.5 Å². The van der Waals surface area contributed by atoms with Crippen molar-refractivity contribution >= 4 is 23.8 Å². The van der Waals surface area contributed by atoms with Gasteiger partial charge in [0.15, 0.2) is 11.5 Å². The Kier molecular flexibility index (Phi) is 7.30. The number of H-pyrrole nitrogens is 1. The molecular weight excluding hydrogens is 416 g/mol. The van der Waals surface area contributed by atoms with Crippen LogP contribution in [0.4, 0.5) is 0 Å². The number of aromatic nitrogens is 3. The minimum absolute atomic E-state index is 0.0677. The number of rotatable bonds is 9. The first-order chi connectivity index (χ1) is 15.0. The Balaban J connectivity index is 1.83. The molecule has 0 atom stereocenters. The van der Waals surface area contributed by atoms with E-state index >= 15 is 0 Å². The molecule has 0 saturated heterocycles. The SMILES string of the molecule is CCOc1cc(/C=C(\Sc2n[nH]c(C)n2)C(=O)O)ccc1OCc1ccccc1C#N. The molecule has 0 unspecified atom stereocenters. The number of benzene rings is 2. The number of hydrogen-bond donors (Lipinski definition) is 2. The second-order valence-corrected chi connectivity index (χ2v) is 7.33. The maximum absolute atomic E-state index is 11.7. The van der Waals surface area contributed by atoms with E-state index in [4.69, 9.17) is 9.47 Å². The number of nitrogens with one attached hydrogen (secondary N) is 1. The number of nitriles is 1. The number of aromatic amines is 1. The molecule has 0 aliphatic carbocycles. The molecular formula is C22H20N4O4S. The highest BCUT2D eigenvalue weighted by molar-refractivity contribution is 8.04. The van der Waals surface area contributed by atoms with Crippen LogP contribution >= 0.6 is 11.8 Å². The third kappa shape index (κ3) is 5.87. The summed E-state index contributed by atoms with van der Waals surface area (Å²) < 4.78 is 11.6. The summed E-state index contributed by atoms with van der Waals surface area (Å²) in [7, 11) is 0. The van der Waals surface area contributed by atoms with Gasteiger partial charge in [-0.05, 0) is 55.4 Å². The minimum Gasteiger partial charge on any atom is -0.490 e. The standard InChI is InChI=1S/C22H20N4O4S/c1-3-29-19-10-15(11-20(21(27)28)31-22-24-14(2)25-26-22)8-9-18(19)30-13-17-7-5-4-6-16(17)12-23/h4-11H,3,13H2,1-2H3,(H,27,28)(H,24,25,26)/b20-11-. The molecule has 0 spiro atoms. The molecule has 158 valence electrons. The summed E-state index contributed by atoms with van der Waals surface area (Å²) in [4.78, 5) is 15.9. The minimum atomic E-state index is -1.08. The molecule has 0 saturated carbocycles. The van der Waals surface area contributed by atoms with Gasteiger partial charge in [0.25, 0.3) is 0 Å². The number of ether oxygens (including phenoxy) is 2. The topological polar surface area (TPSA) is 121 Å². The van der Waals surface area contributed by atoms with Crippen LogP contribution in [0.5, 0.6) is 11.5 Å². The van der Waals surface area contributed by atoms with Crippen LogP contribution in [0.1, 0.15) is 29.4 Å². The van der Waals surface area contributed by atoms with Crippen LogP contribution < -0.4 is 9.47 Å². The second kappa shape index (κ2) is 10.3. The highest BCUT2D eigenvalue weighted by Crippen LogP contribution is 2.32. The van der Waals surface area contributed by atoms with Crippen LogP contribution in [0, 0.1) is 18.3 Å². The monoisotopic (exact) mass is 436 g/mol. The third-order valence-electron chi connectivity index (χ3n) is 4.08. The van der Waals surface area contributed by atoms with Gasteiger partial charge in [0.1, 0.15) is 17.3 Å². The average molecular weight is 436 g/mol. The Morgan fingerprint density at radius 1 is 1.26 bits per heavy atom. The first-order valence-electron chi connectivity index (χ1n) is 9.39. The highest BCUT2D eigenvalue weighted by Gasteiger charge is 2.14. The van der Waals surface area contributed by atoms with Crippen molar-refractivity contribution in [2.24, 2.45) is 0 Å². The number of carboxylic acid groups (broad SMARTS) is 1. The van der Waals surface area contributed by atoms with Crippen molar-refractivity contribution in [3.8, 4) is 17.6 Å². The molecule has 2 N–H and O–H groups in total. The van der Waals surface area contributed by atoms with Crippen molar-refractivity contribution in [1.82, 2.24) is 15.2 Å². The number of carboxylic acids is 1. The summed E-state index contributed by atoms with van der Waals surface area (Å²) in [6.07, 6.45) is 1.52. The van der Waals surface area contributed by atoms with Crippen LogP contribution in [0.25, 0.3) is 6.08 Å². The molecule has 31 heavy (non-hydrogen) atoms. The molecule has 0 radical (unpaired) electrons. The normalized spacial score (nSPS) is 11.1. The lowest BCUT2D eigenvalue weighted by Gasteiger charge is -2.13. The van der Waals surface area contributed by atoms with E-state index in [1.54, 1.807) is 37.3 Å². The van der Waals surface area contributed by atoms with Crippen molar-refractivity contribution in [2.75, 3.05) is 6.61 Å². The molecule has 1 aromatic heterocycles. The van der Waals surface area contributed by atoms with E-state index in [1.165, 1.54) is 6.08 Å². The number of hydrogen-bond acceptors (Lipinski definition) is 7. The Morgan fingerprint density at radius 3 is 2.74 bits per heavy atom. The number of thioether (sulfide) groups is 1. The summed E-state index contributed by atoms with van der Waals surface area (Å²) >= 11 is 0.953. The van der Waals surface area contributed by atoms with Crippen molar-refractivity contribution in [3.05, 3.63) is 69.9 Å². The van der Waals surface area contributed by atoms with Gasteiger partial charge in [-0.2, -0.15) is 5.26 Å². The summed E-state index contributed by atoms with van der Waals surface area (Å²) in [5.74, 6) is 0.499. The van der Waals surface area contributed by atoms with Gasteiger partial charge < -0.3 is 14.6 Å². The van der Waals surface area contributed by atoms with Gasteiger partial charge in [-0.1, -0.05) is 24.3 Å². The van der Waals surface area contributed by atoms with Crippen LogP contribution in [-0.2, 0) is 11.4 Å². The van der Waals surface area contributed by atoms with E-state index in [-0.39, 0.29) is 11.5 Å². The van der Waals surface area contributed by atoms with Gasteiger partial charge in [-0.15, -0.1) is 5.10 Å². The van der Waals surface area contributed by atoms with Crippen LogP contribution in [0.2, 0.25) is 0 Å². The fourth-order valence-corrected chi connectivity index (χ4v) is 3.42. The number of aliphatic carboxylic acids is 1. The third-order valence-corrected chi connectivity index (χ3v) is 4.95. The first kappa shape index (κ1) is 21.9.